The standard InChI is InChI=1S/C17H31N3/c1-14(2)9-17(13-18,10-15(3)4)20(5)12-16-7-6-8-19-11-16/h6-8,11,14-15H,9-10,12-13,18H2,1-5H3. The third kappa shape index (κ3) is 4.88. The van der Waals surface area contributed by atoms with E-state index in [1.54, 1.807) is 0 Å². The summed E-state index contributed by atoms with van der Waals surface area (Å²) in [6.07, 6.45) is 6.04. The van der Waals surface area contributed by atoms with Gasteiger partial charge in [0.15, 0.2) is 0 Å². The molecule has 0 amide bonds. The van der Waals surface area contributed by atoms with Crippen molar-refractivity contribution in [3.05, 3.63) is 30.1 Å². The van der Waals surface area contributed by atoms with Gasteiger partial charge in [0.25, 0.3) is 0 Å². The Bertz CT molecular complexity index is 363. The summed E-state index contributed by atoms with van der Waals surface area (Å²) in [4.78, 5) is 6.64. The molecule has 0 atom stereocenters. The number of pyridine rings is 1. The summed E-state index contributed by atoms with van der Waals surface area (Å²) in [5.41, 5.74) is 7.53. The van der Waals surface area contributed by atoms with E-state index in [-0.39, 0.29) is 5.54 Å². The van der Waals surface area contributed by atoms with Crippen LogP contribution in [0.25, 0.3) is 0 Å². The molecule has 0 aliphatic heterocycles. The molecule has 0 fully saturated rings. The smallest absolute Gasteiger partial charge is 0.0337 e. The van der Waals surface area contributed by atoms with Crippen molar-refractivity contribution in [2.45, 2.75) is 52.6 Å². The van der Waals surface area contributed by atoms with Crippen molar-refractivity contribution in [3.8, 4) is 0 Å². The van der Waals surface area contributed by atoms with Crippen molar-refractivity contribution in [2.24, 2.45) is 17.6 Å². The highest BCUT2D eigenvalue weighted by Crippen LogP contribution is 2.30. The fourth-order valence-electron chi connectivity index (χ4n) is 3.17. The zero-order valence-electron chi connectivity index (χ0n) is 13.8. The van der Waals surface area contributed by atoms with Gasteiger partial charge < -0.3 is 5.73 Å². The highest BCUT2D eigenvalue weighted by Gasteiger charge is 2.34. The number of rotatable bonds is 8. The molecule has 0 bridgehead atoms. The zero-order valence-corrected chi connectivity index (χ0v) is 13.8. The van der Waals surface area contributed by atoms with E-state index in [0.717, 1.165) is 19.4 Å². The van der Waals surface area contributed by atoms with Crippen molar-refractivity contribution in [1.82, 2.24) is 9.88 Å². The highest BCUT2D eigenvalue weighted by molar-refractivity contribution is 5.09. The van der Waals surface area contributed by atoms with E-state index in [4.69, 9.17) is 5.73 Å². The van der Waals surface area contributed by atoms with Gasteiger partial charge in [0.2, 0.25) is 0 Å². The number of hydrogen-bond donors (Lipinski definition) is 1. The molecular weight excluding hydrogens is 246 g/mol. The van der Waals surface area contributed by atoms with Crippen molar-refractivity contribution in [2.75, 3.05) is 13.6 Å². The minimum atomic E-state index is 0.0815. The van der Waals surface area contributed by atoms with Gasteiger partial charge in [-0.3, -0.25) is 9.88 Å². The first-order valence-corrected chi connectivity index (χ1v) is 7.70. The van der Waals surface area contributed by atoms with Crippen LogP contribution in [0, 0.1) is 11.8 Å². The lowest BCUT2D eigenvalue weighted by atomic mass is 9.80. The molecule has 1 aromatic rings. The molecule has 3 heteroatoms. The van der Waals surface area contributed by atoms with Gasteiger partial charge in [0.05, 0.1) is 0 Å². The minimum absolute atomic E-state index is 0.0815. The van der Waals surface area contributed by atoms with Crippen molar-refractivity contribution in [1.29, 1.82) is 0 Å². The molecule has 0 aliphatic carbocycles. The van der Waals surface area contributed by atoms with E-state index >= 15 is 0 Å². The predicted octanol–water partition coefficient (Wildman–Crippen LogP) is 3.30. The van der Waals surface area contributed by atoms with Crippen molar-refractivity contribution < 1.29 is 0 Å². The summed E-state index contributed by atoms with van der Waals surface area (Å²) in [6.45, 7) is 10.7. The van der Waals surface area contributed by atoms with E-state index in [1.165, 1.54) is 5.56 Å². The van der Waals surface area contributed by atoms with Crippen LogP contribution >= 0.6 is 0 Å². The Hall–Kier alpha value is -0.930. The molecule has 0 radical (unpaired) electrons. The molecule has 1 heterocycles. The van der Waals surface area contributed by atoms with E-state index in [2.05, 4.69) is 50.7 Å². The normalized spacial score (nSPS) is 12.7. The van der Waals surface area contributed by atoms with Crippen LogP contribution in [-0.4, -0.2) is 29.0 Å². The first-order valence-electron chi connectivity index (χ1n) is 7.70. The Morgan fingerprint density at radius 3 is 2.20 bits per heavy atom. The van der Waals surface area contributed by atoms with Crippen LogP contribution in [0.3, 0.4) is 0 Å². The van der Waals surface area contributed by atoms with E-state index < -0.39 is 0 Å². The van der Waals surface area contributed by atoms with Gasteiger partial charge >= 0.3 is 0 Å². The molecule has 0 aliphatic rings. The van der Waals surface area contributed by atoms with Crippen LogP contribution in [0.1, 0.15) is 46.1 Å². The third-order valence-electron chi connectivity index (χ3n) is 3.91. The zero-order chi connectivity index (χ0) is 15.2. The van der Waals surface area contributed by atoms with Gasteiger partial charge in [-0.1, -0.05) is 33.8 Å². The van der Waals surface area contributed by atoms with E-state index in [0.29, 0.717) is 18.4 Å². The maximum absolute atomic E-state index is 6.20. The molecule has 0 unspecified atom stereocenters. The number of aromatic nitrogens is 1. The molecule has 114 valence electrons. The second-order valence-corrected chi connectivity index (χ2v) is 6.84. The maximum atomic E-state index is 6.20. The van der Waals surface area contributed by atoms with E-state index in [1.807, 2.05) is 18.5 Å². The Labute approximate surface area is 124 Å². The van der Waals surface area contributed by atoms with Crippen LogP contribution in [0.15, 0.2) is 24.5 Å². The molecular formula is C17H31N3. The average Bonchev–Trinajstić information content (AvgIpc) is 2.37. The van der Waals surface area contributed by atoms with Gasteiger partial charge in [-0.15, -0.1) is 0 Å². The second kappa shape index (κ2) is 7.75. The monoisotopic (exact) mass is 277 g/mol. The first-order chi connectivity index (χ1) is 9.39. The lowest BCUT2D eigenvalue weighted by Crippen LogP contribution is -2.53. The molecule has 20 heavy (non-hydrogen) atoms. The van der Waals surface area contributed by atoms with Gasteiger partial charge in [0, 0.05) is 31.0 Å². The van der Waals surface area contributed by atoms with Gasteiger partial charge in [-0.05, 0) is 43.4 Å². The fourth-order valence-corrected chi connectivity index (χ4v) is 3.17. The van der Waals surface area contributed by atoms with Crippen LogP contribution in [-0.2, 0) is 6.54 Å². The summed E-state index contributed by atoms with van der Waals surface area (Å²) in [5.74, 6) is 1.29. The van der Waals surface area contributed by atoms with Crippen LogP contribution in [0.5, 0.6) is 0 Å². The molecule has 0 saturated carbocycles. The third-order valence-corrected chi connectivity index (χ3v) is 3.91. The Morgan fingerprint density at radius 1 is 1.20 bits per heavy atom. The molecule has 0 aromatic carbocycles. The maximum Gasteiger partial charge on any atom is 0.0337 e. The summed E-state index contributed by atoms with van der Waals surface area (Å²) in [7, 11) is 2.20. The molecule has 0 spiro atoms. The predicted molar refractivity (Wildman–Crippen MR) is 86.4 cm³/mol. The van der Waals surface area contributed by atoms with Crippen molar-refractivity contribution in [3.63, 3.8) is 0 Å². The van der Waals surface area contributed by atoms with Crippen LogP contribution in [0.2, 0.25) is 0 Å². The Kier molecular flexibility index (Phi) is 6.63. The SMILES string of the molecule is CC(C)CC(CN)(CC(C)C)N(C)Cc1cccnc1. The van der Waals surface area contributed by atoms with Gasteiger partial charge in [-0.25, -0.2) is 0 Å². The van der Waals surface area contributed by atoms with Gasteiger partial charge in [-0.2, -0.15) is 0 Å². The summed E-state index contributed by atoms with van der Waals surface area (Å²) < 4.78 is 0. The lowest BCUT2D eigenvalue weighted by molar-refractivity contribution is 0.0713. The number of nitrogens with two attached hydrogens (primary N) is 1. The summed E-state index contributed by atoms with van der Waals surface area (Å²) in [5, 5.41) is 0. The average molecular weight is 277 g/mol. The number of likely N-dealkylation sites (N-methyl/N-ethyl adjacent to an activating group) is 1. The number of hydrogen-bond acceptors (Lipinski definition) is 3. The van der Waals surface area contributed by atoms with Crippen LogP contribution < -0.4 is 5.73 Å². The summed E-state index contributed by atoms with van der Waals surface area (Å²) in [6, 6.07) is 4.13. The number of nitrogens with zero attached hydrogens (tertiary/aromatic N) is 2. The topological polar surface area (TPSA) is 42.1 Å². The fraction of sp³-hybridized carbons (Fsp3) is 0.706. The quantitative estimate of drug-likeness (QED) is 0.792. The first kappa shape index (κ1) is 17.1. The van der Waals surface area contributed by atoms with E-state index in [9.17, 15) is 0 Å². The lowest BCUT2D eigenvalue weighted by Gasteiger charge is -2.44. The molecule has 1 rings (SSSR count). The minimum Gasteiger partial charge on any atom is -0.329 e. The second-order valence-electron chi connectivity index (χ2n) is 6.84. The largest absolute Gasteiger partial charge is 0.329 e. The summed E-state index contributed by atoms with van der Waals surface area (Å²) >= 11 is 0. The molecule has 1 aromatic heterocycles. The molecule has 0 saturated heterocycles. The Morgan fingerprint density at radius 2 is 1.80 bits per heavy atom. The van der Waals surface area contributed by atoms with Crippen LogP contribution in [0.4, 0.5) is 0 Å². The highest BCUT2D eigenvalue weighted by atomic mass is 15.2. The molecule has 3 nitrogen and oxygen atoms in total. The Balaban J connectivity index is 2.90. The van der Waals surface area contributed by atoms with Crippen molar-refractivity contribution >= 4 is 0 Å². The molecule has 2 N–H and O–H groups in total. The van der Waals surface area contributed by atoms with Gasteiger partial charge in [0.1, 0.15) is 0 Å².